The van der Waals surface area contributed by atoms with Gasteiger partial charge in [-0.1, -0.05) is 19.1 Å². The van der Waals surface area contributed by atoms with Crippen LogP contribution in [-0.2, 0) is 4.79 Å². The van der Waals surface area contributed by atoms with E-state index in [1.165, 1.54) is 11.3 Å². The van der Waals surface area contributed by atoms with E-state index in [1.54, 1.807) is 0 Å². The molecule has 1 heterocycles. The van der Waals surface area contributed by atoms with Gasteiger partial charge in [0.1, 0.15) is 0 Å². The summed E-state index contributed by atoms with van der Waals surface area (Å²) < 4.78 is 0. The van der Waals surface area contributed by atoms with E-state index in [-0.39, 0.29) is 11.9 Å². The van der Waals surface area contributed by atoms with Crippen molar-refractivity contribution in [3.63, 3.8) is 0 Å². The van der Waals surface area contributed by atoms with E-state index in [1.807, 2.05) is 4.90 Å². The summed E-state index contributed by atoms with van der Waals surface area (Å²) in [4.78, 5) is 16.6. The molecule has 1 atom stereocenters. The molecule has 1 saturated heterocycles. The zero-order chi connectivity index (χ0) is 15.2. The molecular formula is C17H27N3O. The SMILES string of the molecule is CCNC(C)CC(=O)N1CCN(c2cccc(C)c2)CC1. The number of benzene rings is 1. The van der Waals surface area contributed by atoms with Crippen molar-refractivity contribution in [2.24, 2.45) is 0 Å². The molecule has 4 nitrogen and oxygen atoms in total. The van der Waals surface area contributed by atoms with E-state index in [2.05, 4.69) is 55.3 Å². The first kappa shape index (κ1) is 15.8. The number of piperazine rings is 1. The molecule has 1 aromatic rings. The molecule has 1 fully saturated rings. The fraction of sp³-hybridized carbons (Fsp3) is 0.588. The van der Waals surface area contributed by atoms with Gasteiger partial charge in [0, 0.05) is 44.3 Å². The summed E-state index contributed by atoms with van der Waals surface area (Å²) in [5.74, 6) is 0.271. The molecule has 0 radical (unpaired) electrons. The van der Waals surface area contributed by atoms with Crippen LogP contribution in [0.4, 0.5) is 5.69 Å². The van der Waals surface area contributed by atoms with Gasteiger partial charge in [-0.25, -0.2) is 0 Å². The minimum atomic E-state index is 0.261. The number of amides is 1. The van der Waals surface area contributed by atoms with E-state index in [0.29, 0.717) is 6.42 Å². The van der Waals surface area contributed by atoms with Gasteiger partial charge in [0.2, 0.25) is 5.91 Å². The smallest absolute Gasteiger partial charge is 0.224 e. The normalized spacial score (nSPS) is 16.9. The van der Waals surface area contributed by atoms with Crippen molar-refractivity contribution < 1.29 is 4.79 Å². The molecule has 21 heavy (non-hydrogen) atoms. The van der Waals surface area contributed by atoms with Crippen LogP contribution in [0.25, 0.3) is 0 Å². The molecule has 1 amide bonds. The van der Waals surface area contributed by atoms with E-state index < -0.39 is 0 Å². The third kappa shape index (κ3) is 4.46. The zero-order valence-electron chi connectivity index (χ0n) is 13.4. The number of aryl methyl sites for hydroxylation is 1. The summed E-state index contributed by atoms with van der Waals surface area (Å²) in [7, 11) is 0. The molecule has 1 aliphatic heterocycles. The summed E-state index contributed by atoms with van der Waals surface area (Å²) in [6, 6.07) is 8.84. The molecule has 0 saturated carbocycles. The Kier molecular flexibility index (Phi) is 5.62. The fourth-order valence-corrected chi connectivity index (χ4v) is 2.85. The predicted octanol–water partition coefficient (Wildman–Crippen LogP) is 2.03. The third-order valence-corrected chi connectivity index (χ3v) is 4.03. The average Bonchev–Trinajstić information content (AvgIpc) is 2.47. The largest absolute Gasteiger partial charge is 0.368 e. The van der Waals surface area contributed by atoms with Crippen LogP contribution in [0.15, 0.2) is 24.3 Å². The summed E-state index contributed by atoms with van der Waals surface area (Å²) in [6.45, 7) is 10.7. The summed E-state index contributed by atoms with van der Waals surface area (Å²) in [6.07, 6.45) is 0.596. The Balaban J connectivity index is 1.84. The Morgan fingerprint density at radius 2 is 2.00 bits per heavy atom. The second kappa shape index (κ2) is 7.46. The molecule has 0 spiro atoms. The van der Waals surface area contributed by atoms with Gasteiger partial charge in [-0.2, -0.15) is 0 Å². The van der Waals surface area contributed by atoms with Crippen molar-refractivity contribution in [1.29, 1.82) is 0 Å². The number of hydrogen-bond acceptors (Lipinski definition) is 3. The number of rotatable bonds is 5. The maximum atomic E-state index is 12.2. The molecule has 116 valence electrons. The van der Waals surface area contributed by atoms with Crippen molar-refractivity contribution in [2.45, 2.75) is 33.2 Å². The van der Waals surface area contributed by atoms with Crippen LogP contribution >= 0.6 is 0 Å². The van der Waals surface area contributed by atoms with Gasteiger partial charge in [-0.15, -0.1) is 0 Å². The molecule has 2 rings (SSSR count). The predicted molar refractivity (Wildman–Crippen MR) is 87.7 cm³/mol. The number of hydrogen-bond donors (Lipinski definition) is 1. The van der Waals surface area contributed by atoms with Crippen LogP contribution in [0.5, 0.6) is 0 Å². The molecular weight excluding hydrogens is 262 g/mol. The lowest BCUT2D eigenvalue weighted by Crippen LogP contribution is -2.49. The highest BCUT2D eigenvalue weighted by Crippen LogP contribution is 2.18. The highest BCUT2D eigenvalue weighted by atomic mass is 16.2. The van der Waals surface area contributed by atoms with Crippen LogP contribution in [0.3, 0.4) is 0 Å². The van der Waals surface area contributed by atoms with Gasteiger partial charge in [-0.05, 0) is 38.1 Å². The van der Waals surface area contributed by atoms with Gasteiger partial charge in [0.25, 0.3) is 0 Å². The second-order valence-corrected chi connectivity index (χ2v) is 5.87. The van der Waals surface area contributed by atoms with E-state index in [4.69, 9.17) is 0 Å². The van der Waals surface area contributed by atoms with Crippen LogP contribution in [0, 0.1) is 6.92 Å². The molecule has 4 heteroatoms. The average molecular weight is 289 g/mol. The molecule has 1 N–H and O–H groups in total. The van der Waals surface area contributed by atoms with Gasteiger partial charge < -0.3 is 15.1 Å². The lowest BCUT2D eigenvalue weighted by molar-refractivity contribution is -0.131. The van der Waals surface area contributed by atoms with Crippen molar-refractivity contribution in [3.05, 3.63) is 29.8 Å². The lowest BCUT2D eigenvalue weighted by atomic mass is 10.1. The first-order chi connectivity index (χ1) is 10.1. The standard InChI is InChI=1S/C17H27N3O/c1-4-18-15(3)13-17(21)20-10-8-19(9-11-20)16-7-5-6-14(2)12-16/h5-7,12,15,18H,4,8-11,13H2,1-3H3. The molecule has 1 aliphatic rings. The van der Waals surface area contributed by atoms with Gasteiger partial charge in [-0.3, -0.25) is 4.79 Å². The van der Waals surface area contributed by atoms with E-state index in [0.717, 1.165) is 32.7 Å². The van der Waals surface area contributed by atoms with Crippen LogP contribution in [-0.4, -0.2) is 49.6 Å². The molecule has 0 aromatic heterocycles. The quantitative estimate of drug-likeness (QED) is 0.901. The van der Waals surface area contributed by atoms with E-state index in [9.17, 15) is 4.79 Å². The number of carbonyl (C=O) groups excluding carboxylic acids is 1. The molecule has 0 bridgehead atoms. The topological polar surface area (TPSA) is 35.6 Å². The Bertz CT molecular complexity index is 467. The minimum Gasteiger partial charge on any atom is -0.368 e. The highest BCUT2D eigenvalue weighted by Gasteiger charge is 2.22. The monoisotopic (exact) mass is 289 g/mol. The Morgan fingerprint density at radius 3 is 2.62 bits per heavy atom. The van der Waals surface area contributed by atoms with Gasteiger partial charge in [0.05, 0.1) is 0 Å². The summed E-state index contributed by atoms with van der Waals surface area (Å²) >= 11 is 0. The fourth-order valence-electron chi connectivity index (χ4n) is 2.85. The van der Waals surface area contributed by atoms with Crippen molar-refractivity contribution in [1.82, 2.24) is 10.2 Å². The lowest BCUT2D eigenvalue weighted by Gasteiger charge is -2.36. The van der Waals surface area contributed by atoms with Gasteiger partial charge >= 0.3 is 0 Å². The Labute approximate surface area is 128 Å². The van der Waals surface area contributed by atoms with Crippen LogP contribution in [0.1, 0.15) is 25.8 Å². The molecule has 1 aromatic carbocycles. The number of carbonyl (C=O) groups is 1. The first-order valence-corrected chi connectivity index (χ1v) is 7.93. The number of nitrogens with zero attached hydrogens (tertiary/aromatic N) is 2. The van der Waals surface area contributed by atoms with Crippen molar-refractivity contribution >= 4 is 11.6 Å². The van der Waals surface area contributed by atoms with E-state index >= 15 is 0 Å². The third-order valence-electron chi connectivity index (χ3n) is 4.03. The summed E-state index contributed by atoms with van der Waals surface area (Å²) in [5.41, 5.74) is 2.55. The van der Waals surface area contributed by atoms with Crippen LogP contribution in [0.2, 0.25) is 0 Å². The highest BCUT2D eigenvalue weighted by molar-refractivity contribution is 5.77. The summed E-state index contributed by atoms with van der Waals surface area (Å²) in [5, 5.41) is 3.30. The second-order valence-electron chi connectivity index (χ2n) is 5.87. The van der Waals surface area contributed by atoms with Crippen molar-refractivity contribution in [2.75, 3.05) is 37.6 Å². The molecule has 0 aliphatic carbocycles. The molecule has 1 unspecified atom stereocenters. The Hall–Kier alpha value is -1.55. The first-order valence-electron chi connectivity index (χ1n) is 7.93. The maximum absolute atomic E-state index is 12.2. The minimum absolute atomic E-state index is 0.261. The maximum Gasteiger partial charge on any atom is 0.224 e. The van der Waals surface area contributed by atoms with Gasteiger partial charge in [0.15, 0.2) is 0 Å². The van der Waals surface area contributed by atoms with Crippen molar-refractivity contribution in [3.8, 4) is 0 Å². The number of nitrogens with one attached hydrogen (secondary N) is 1. The van der Waals surface area contributed by atoms with Crippen LogP contribution < -0.4 is 10.2 Å². The Morgan fingerprint density at radius 1 is 1.29 bits per heavy atom. The number of anilines is 1. The zero-order valence-corrected chi connectivity index (χ0v) is 13.4.